The van der Waals surface area contributed by atoms with Crippen LogP contribution in [0.15, 0.2) is 58.3 Å². The first-order valence-electron chi connectivity index (χ1n) is 9.13. The molecule has 3 aromatic rings. The maximum absolute atomic E-state index is 13.2. The third-order valence-electron chi connectivity index (χ3n) is 5.27. The van der Waals surface area contributed by atoms with Crippen LogP contribution >= 0.6 is 11.3 Å². The molecule has 0 fully saturated rings. The molecule has 0 bridgehead atoms. The number of hydrogen-bond donors (Lipinski definition) is 0. The number of carbonyl (C=O) groups excluding carboxylic acids is 1. The largest absolute Gasteiger partial charge is 0.497 e. The summed E-state index contributed by atoms with van der Waals surface area (Å²) in [5, 5.41) is 0. The van der Waals surface area contributed by atoms with E-state index in [0.717, 1.165) is 22.7 Å². The Bertz CT molecular complexity index is 1310. The van der Waals surface area contributed by atoms with E-state index in [4.69, 9.17) is 4.74 Å². The number of thiazole rings is 1. The van der Waals surface area contributed by atoms with E-state index in [0.29, 0.717) is 28.2 Å². The Morgan fingerprint density at radius 3 is 2.59 bits per heavy atom. The Hall–Kier alpha value is -3.39. The van der Waals surface area contributed by atoms with Gasteiger partial charge < -0.3 is 14.5 Å². The summed E-state index contributed by atoms with van der Waals surface area (Å²) in [5.74, 6) is 0.617. The monoisotopic (exact) mass is 406 g/mol. The Labute approximate surface area is 170 Å². The lowest BCUT2D eigenvalue weighted by atomic mass is 10.1. The van der Waals surface area contributed by atoms with Gasteiger partial charge in [0.05, 0.1) is 18.4 Å². The molecular formula is C21H18N4O3S. The number of methoxy groups -OCH3 is 1. The maximum atomic E-state index is 13.2. The molecule has 0 N–H and O–H groups in total. The SMILES string of the molecule is COc1ccc(N2CN=c3s/c(=C4/C(=O)N(C)c5ccccc54)c(=O)n3C2)cc1. The number of benzene rings is 2. The van der Waals surface area contributed by atoms with E-state index >= 15 is 0 Å². The minimum absolute atomic E-state index is 0.158. The zero-order chi connectivity index (χ0) is 20.1. The first-order chi connectivity index (χ1) is 14.1. The minimum atomic E-state index is -0.180. The molecule has 0 spiro atoms. The van der Waals surface area contributed by atoms with E-state index < -0.39 is 0 Å². The van der Waals surface area contributed by atoms with Crippen LogP contribution in [0.25, 0.3) is 5.57 Å². The van der Waals surface area contributed by atoms with Gasteiger partial charge in [-0.3, -0.25) is 14.2 Å². The van der Waals surface area contributed by atoms with E-state index in [9.17, 15) is 9.59 Å². The van der Waals surface area contributed by atoms with Crippen molar-refractivity contribution in [3.63, 3.8) is 0 Å². The Kier molecular flexibility index (Phi) is 4.02. The second-order valence-electron chi connectivity index (χ2n) is 6.88. The van der Waals surface area contributed by atoms with Gasteiger partial charge in [-0.1, -0.05) is 29.5 Å². The van der Waals surface area contributed by atoms with Crippen LogP contribution < -0.4 is 29.4 Å². The smallest absolute Gasteiger partial charge is 0.272 e. The fraction of sp³-hybridized carbons (Fsp3) is 0.190. The fourth-order valence-corrected chi connectivity index (χ4v) is 4.76. The summed E-state index contributed by atoms with van der Waals surface area (Å²) in [4.78, 5) is 34.9. The summed E-state index contributed by atoms with van der Waals surface area (Å²) in [6.07, 6.45) is 0. The van der Waals surface area contributed by atoms with Crippen LogP contribution in [-0.2, 0) is 11.5 Å². The molecule has 0 atom stereocenters. The Morgan fingerprint density at radius 2 is 1.83 bits per heavy atom. The van der Waals surface area contributed by atoms with Gasteiger partial charge in [0.1, 0.15) is 23.6 Å². The number of hydrogen-bond acceptors (Lipinski definition) is 6. The average molecular weight is 406 g/mol. The van der Waals surface area contributed by atoms with Crippen molar-refractivity contribution in [3.8, 4) is 5.75 Å². The van der Waals surface area contributed by atoms with Gasteiger partial charge >= 0.3 is 0 Å². The molecule has 5 rings (SSSR count). The van der Waals surface area contributed by atoms with Gasteiger partial charge in [-0.25, -0.2) is 4.99 Å². The minimum Gasteiger partial charge on any atom is -0.497 e. The molecule has 0 aliphatic carbocycles. The maximum Gasteiger partial charge on any atom is 0.272 e. The first kappa shape index (κ1) is 17.7. The Balaban J connectivity index is 1.61. The number of para-hydroxylation sites is 1. The van der Waals surface area contributed by atoms with Crippen molar-refractivity contribution in [3.05, 3.63) is 73.8 Å². The van der Waals surface area contributed by atoms with Crippen LogP contribution in [0.5, 0.6) is 5.75 Å². The zero-order valence-corrected chi connectivity index (χ0v) is 16.8. The van der Waals surface area contributed by atoms with Gasteiger partial charge in [0, 0.05) is 18.3 Å². The Morgan fingerprint density at radius 1 is 1.07 bits per heavy atom. The van der Waals surface area contributed by atoms with Crippen LogP contribution in [0.1, 0.15) is 5.56 Å². The number of fused-ring (bicyclic) bond motifs is 2. The molecular weight excluding hydrogens is 388 g/mol. The molecule has 1 aromatic heterocycles. The number of amides is 1. The highest BCUT2D eigenvalue weighted by Crippen LogP contribution is 2.33. The summed E-state index contributed by atoms with van der Waals surface area (Å²) >= 11 is 1.28. The highest BCUT2D eigenvalue weighted by atomic mass is 32.1. The molecule has 0 saturated carbocycles. The number of ether oxygens (including phenoxy) is 1. The van der Waals surface area contributed by atoms with Gasteiger partial charge in [-0.2, -0.15) is 0 Å². The highest BCUT2D eigenvalue weighted by Gasteiger charge is 2.32. The summed E-state index contributed by atoms with van der Waals surface area (Å²) in [5.41, 5.74) is 2.85. The van der Waals surface area contributed by atoms with Crippen LogP contribution in [0.4, 0.5) is 11.4 Å². The topological polar surface area (TPSA) is 67.1 Å². The molecule has 2 aliphatic heterocycles. The van der Waals surface area contributed by atoms with Gasteiger partial charge in [-0.15, -0.1) is 0 Å². The molecule has 146 valence electrons. The van der Waals surface area contributed by atoms with E-state index in [1.165, 1.54) is 11.3 Å². The first-order valence-corrected chi connectivity index (χ1v) is 9.95. The lowest BCUT2D eigenvalue weighted by Gasteiger charge is -2.25. The summed E-state index contributed by atoms with van der Waals surface area (Å²) in [6, 6.07) is 15.2. The van der Waals surface area contributed by atoms with Crippen molar-refractivity contribution in [1.29, 1.82) is 0 Å². The summed E-state index contributed by atoms with van der Waals surface area (Å²) in [6.45, 7) is 0.838. The number of likely N-dealkylation sites (N-methyl/N-ethyl adjacent to an activating group) is 1. The van der Waals surface area contributed by atoms with Crippen molar-refractivity contribution in [2.45, 2.75) is 6.67 Å². The number of carbonyl (C=O) groups is 1. The predicted molar refractivity (Wildman–Crippen MR) is 112 cm³/mol. The highest BCUT2D eigenvalue weighted by molar-refractivity contribution is 7.07. The van der Waals surface area contributed by atoms with Crippen molar-refractivity contribution >= 4 is 34.2 Å². The van der Waals surface area contributed by atoms with Crippen LogP contribution in [0.3, 0.4) is 0 Å². The van der Waals surface area contributed by atoms with Gasteiger partial charge in [0.2, 0.25) is 0 Å². The second kappa shape index (κ2) is 6.59. The summed E-state index contributed by atoms with van der Waals surface area (Å²) < 4.78 is 7.29. The molecule has 0 saturated heterocycles. The van der Waals surface area contributed by atoms with Crippen molar-refractivity contribution in [2.24, 2.45) is 4.99 Å². The van der Waals surface area contributed by atoms with E-state index in [2.05, 4.69) is 4.99 Å². The van der Waals surface area contributed by atoms with Crippen LogP contribution in [0.2, 0.25) is 0 Å². The van der Waals surface area contributed by atoms with Crippen molar-refractivity contribution in [2.75, 3.05) is 30.6 Å². The number of nitrogens with zero attached hydrogens (tertiary/aromatic N) is 4. The predicted octanol–water partition coefficient (Wildman–Crippen LogP) is 1.15. The number of rotatable bonds is 2. The molecule has 29 heavy (non-hydrogen) atoms. The number of aromatic nitrogens is 1. The molecule has 7 nitrogen and oxygen atoms in total. The molecule has 3 heterocycles. The third kappa shape index (κ3) is 2.67. The van der Waals surface area contributed by atoms with Gasteiger partial charge in [0.25, 0.3) is 11.5 Å². The van der Waals surface area contributed by atoms with Crippen LogP contribution in [0, 0.1) is 0 Å². The van der Waals surface area contributed by atoms with E-state index in [1.54, 1.807) is 23.6 Å². The third-order valence-corrected chi connectivity index (χ3v) is 6.39. The van der Waals surface area contributed by atoms with Gasteiger partial charge in [-0.05, 0) is 30.3 Å². The molecule has 1 amide bonds. The van der Waals surface area contributed by atoms with E-state index in [-0.39, 0.29) is 11.5 Å². The number of anilines is 2. The lowest BCUT2D eigenvalue weighted by molar-refractivity contribution is -0.112. The van der Waals surface area contributed by atoms with Crippen molar-refractivity contribution in [1.82, 2.24) is 4.57 Å². The normalized spacial score (nSPS) is 17.1. The second-order valence-corrected chi connectivity index (χ2v) is 7.86. The molecule has 0 unspecified atom stereocenters. The quantitative estimate of drug-likeness (QED) is 0.640. The molecule has 0 radical (unpaired) electrons. The van der Waals surface area contributed by atoms with Gasteiger partial charge in [0.15, 0.2) is 4.80 Å². The average Bonchev–Trinajstić information content (AvgIpc) is 3.21. The molecule has 2 aliphatic rings. The van der Waals surface area contributed by atoms with Crippen molar-refractivity contribution < 1.29 is 9.53 Å². The fourth-order valence-electron chi connectivity index (χ4n) is 3.71. The van der Waals surface area contributed by atoms with E-state index in [1.807, 2.05) is 53.4 Å². The molecule has 8 heteroatoms. The van der Waals surface area contributed by atoms with Crippen LogP contribution in [-0.4, -0.2) is 31.3 Å². The zero-order valence-electron chi connectivity index (χ0n) is 16.0. The molecule has 2 aromatic carbocycles. The standard InChI is InChI=1S/C21H18N4O3S/c1-23-16-6-4-3-5-15(16)17(19(23)26)18-20(27)25-12-24(11-22-21(25)29-18)13-7-9-14(28-2)10-8-13/h3-10H,11-12H2,1-2H3/b18-17+. The summed E-state index contributed by atoms with van der Waals surface area (Å²) in [7, 11) is 3.36. The lowest BCUT2D eigenvalue weighted by Crippen LogP contribution is -2.43.